The van der Waals surface area contributed by atoms with Gasteiger partial charge < -0.3 is 25.4 Å². The van der Waals surface area contributed by atoms with Crippen LogP contribution in [0, 0.1) is 11.8 Å². The number of hydrogen-bond donors (Lipinski definition) is 3. The van der Waals surface area contributed by atoms with Crippen molar-refractivity contribution >= 4 is 12.1 Å². The summed E-state index contributed by atoms with van der Waals surface area (Å²) in [5, 5.41) is 9.58. The Morgan fingerprint density at radius 2 is 1.88 bits per heavy atom. The van der Waals surface area contributed by atoms with Crippen LogP contribution >= 0.6 is 0 Å². The number of amides is 1. The van der Waals surface area contributed by atoms with Crippen molar-refractivity contribution in [2.24, 2.45) is 16.8 Å². The second-order valence-corrected chi connectivity index (χ2v) is 6.98. The summed E-state index contributed by atoms with van der Waals surface area (Å²) in [6, 6.07) is 0.0383. The molecule has 152 valence electrons. The van der Waals surface area contributed by atoms with E-state index >= 15 is 0 Å². The fourth-order valence-corrected chi connectivity index (χ4v) is 2.82. The Labute approximate surface area is 158 Å². The molecule has 0 aliphatic heterocycles. The average molecular weight is 371 g/mol. The lowest BCUT2D eigenvalue weighted by Gasteiger charge is -2.22. The number of ether oxygens (including phenoxy) is 2. The molecular formula is C19H38N4O3. The molecular weight excluding hydrogens is 332 g/mol. The highest BCUT2D eigenvalue weighted by Gasteiger charge is 2.32. The topological polar surface area (TPSA) is 84.0 Å². The van der Waals surface area contributed by atoms with Crippen molar-refractivity contribution in [1.82, 2.24) is 16.0 Å². The molecule has 0 heterocycles. The van der Waals surface area contributed by atoms with Crippen LogP contribution in [0.15, 0.2) is 4.99 Å². The van der Waals surface area contributed by atoms with Gasteiger partial charge in [-0.2, -0.15) is 0 Å². The van der Waals surface area contributed by atoms with Gasteiger partial charge in [-0.3, -0.25) is 4.99 Å². The summed E-state index contributed by atoms with van der Waals surface area (Å²) < 4.78 is 10.8. The van der Waals surface area contributed by atoms with Gasteiger partial charge in [-0.05, 0) is 51.9 Å². The molecule has 1 fully saturated rings. The molecule has 26 heavy (non-hydrogen) atoms. The standard InChI is InChI=1S/C19H38N4O3/c1-6-20-18(21-12-11-17(14(4)5)25-7-2)22-13-16(15-9-10-15)23-19(24)26-8-3/h14-17H,6-13H2,1-5H3,(H,23,24)(H2,20,21,22). The monoisotopic (exact) mass is 370 g/mol. The quantitative estimate of drug-likeness (QED) is 0.363. The van der Waals surface area contributed by atoms with E-state index in [9.17, 15) is 4.79 Å². The summed E-state index contributed by atoms with van der Waals surface area (Å²) in [7, 11) is 0. The van der Waals surface area contributed by atoms with Gasteiger partial charge in [0.2, 0.25) is 0 Å². The lowest BCUT2D eigenvalue weighted by molar-refractivity contribution is 0.0258. The number of carbonyl (C=O) groups is 1. The van der Waals surface area contributed by atoms with Crippen LogP contribution in [0.2, 0.25) is 0 Å². The highest BCUT2D eigenvalue weighted by molar-refractivity contribution is 5.79. The zero-order valence-corrected chi connectivity index (χ0v) is 17.1. The number of carbonyl (C=O) groups excluding carboxylic acids is 1. The third-order valence-electron chi connectivity index (χ3n) is 4.41. The Bertz CT molecular complexity index is 425. The molecule has 0 bridgehead atoms. The fourth-order valence-electron chi connectivity index (χ4n) is 2.82. The number of alkyl carbamates (subject to hydrolysis) is 1. The minimum absolute atomic E-state index is 0.0383. The normalized spacial score (nSPS) is 16.9. The predicted molar refractivity (Wildman–Crippen MR) is 106 cm³/mol. The van der Waals surface area contributed by atoms with Gasteiger partial charge in [0.05, 0.1) is 25.3 Å². The van der Waals surface area contributed by atoms with Crippen LogP contribution in [-0.4, -0.2) is 57.0 Å². The van der Waals surface area contributed by atoms with Gasteiger partial charge in [0.25, 0.3) is 0 Å². The first kappa shape index (κ1) is 22.5. The van der Waals surface area contributed by atoms with Crippen LogP contribution in [0.4, 0.5) is 4.79 Å². The molecule has 0 radical (unpaired) electrons. The summed E-state index contributed by atoms with van der Waals surface area (Å²) >= 11 is 0. The SMILES string of the molecule is CCNC(=NCC(NC(=O)OCC)C1CC1)NCCC(OCC)C(C)C. The van der Waals surface area contributed by atoms with Crippen molar-refractivity contribution < 1.29 is 14.3 Å². The summed E-state index contributed by atoms with van der Waals surface area (Å²) in [5.41, 5.74) is 0. The maximum Gasteiger partial charge on any atom is 0.407 e. The van der Waals surface area contributed by atoms with Crippen LogP contribution in [0.5, 0.6) is 0 Å². The van der Waals surface area contributed by atoms with Gasteiger partial charge in [-0.25, -0.2) is 4.79 Å². The summed E-state index contributed by atoms with van der Waals surface area (Å²) in [4.78, 5) is 16.4. The van der Waals surface area contributed by atoms with E-state index in [1.165, 1.54) is 0 Å². The molecule has 0 aromatic heterocycles. The number of hydrogen-bond acceptors (Lipinski definition) is 4. The summed E-state index contributed by atoms with van der Waals surface area (Å²) in [5.74, 6) is 1.78. The molecule has 1 saturated carbocycles. The highest BCUT2D eigenvalue weighted by atomic mass is 16.5. The van der Waals surface area contributed by atoms with Gasteiger partial charge in [0.15, 0.2) is 5.96 Å². The van der Waals surface area contributed by atoms with Gasteiger partial charge in [0.1, 0.15) is 0 Å². The van der Waals surface area contributed by atoms with Crippen LogP contribution < -0.4 is 16.0 Å². The first-order valence-electron chi connectivity index (χ1n) is 10.1. The van der Waals surface area contributed by atoms with Crippen molar-refractivity contribution in [2.75, 3.05) is 32.8 Å². The Morgan fingerprint density at radius 1 is 1.15 bits per heavy atom. The minimum Gasteiger partial charge on any atom is -0.450 e. The van der Waals surface area contributed by atoms with Crippen LogP contribution in [0.25, 0.3) is 0 Å². The molecule has 0 spiro atoms. The van der Waals surface area contributed by atoms with Crippen molar-refractivity contribution in [3.05, 3.63) is 0 Å². The Kier molecular flexibility index (Phi) is 11.1. The van der Waals surface area contributed by atoms with Gasteiger partial charge in [-0.15, -0.1) is 0 Å². The molecule has 1 amide bonds. The maximum absolute atomic E-state index is 11.7. The Morgan fingerprint density at radius 3 is 2.42 bits per heavy atom. The van der Waals surface area contributed by atoms with E-state index in [4.69, 9.17) is 9.47 Å². The number of rotatable bonds is 12. The predicted octanol–water partition coefficient (Wildman–Crippen LogP) is 2.52. The lowest BCUT2D eigenvalue weighted by atomic mass is 10.0. The minimum atomic E-state index is -0.353. The maximum atomic E-state index is 11.7. The fraction of sp³-hybridized carbons (Fsp3) is 0.895. The molecule has 2 unspecified atom stereocenters. The van der Waals surface area contributed by atoms with Gasteiger partial charge in [-0.1, -0.05) is 13.8 Å². The number of nitrogens with one attached hydrogen (secondary N) is 3. The lowest BCUT2D eigenvalue weighted by Crippen LogP contribution is -2.42. The molecule has 0 saturated heterocycles. The zero-order valence-electron chi connectivity index (χ0n) is 17.1. The summed E-state index contributed by atoms with van der Waals surface area (Å²) in [6.45, 7) is 13.5. The van der Waals surface area contributed by atoms with E-state index in [2.05, 4.69) is 34.8 Å². The van der Waals surface area contributed by atoms with Gasteiger partial charge >= 0.3 is 6.09 Å². The molecule has 7 heteroatoms. The average Bonchev–Trinajstić information content (AvgIpc) is 3.42. The molecule has 0 aromatic rings. The molecule has 1 aliphatic carbocycles. The van der Waals surface area contributed by atoms with E-state index in [1.807, 2.05) is 20.8 Å². The van der Waals surface area contributed by atoms with E-state index in [1.54, 1.807) is 0 Å². The van der Waals surface area contributed by atoms with Crippen molar-refractivity contribution in [1.29, 1.82) is 0 Å². The third kappa shape index (κ3) is 9.27. The molecule has 2 atom stereocenters. The second-order valence-electron chi connectivity index (χ2n) is 6.98. The molecule has 1 rings (SSSR count). The van der Waals surface area contributed by atoms with Gasteiger partial charge in [0, 0.05) is 19.7 Å². The second kappa shape index (κ2) is 12.8. The van der Waals surface area contributed by atoms with Crippen molar-refractivity contribution in [3.63, 3.8) is 0 Å². The van der Waals surface area contributed by atoms with Crippen LogP contribution in [0.1, 0.15) is 53.9 Å². The Hall–Kier alpha value is -1.50. The van der Waals surface area contributed by atoms with Crippen molar-refractivity contribution in [2.45, 2.75) is 66.0 Å². The Balaban J connectivity index is 2.50. The van der Waals surface area contributed by atoms with E-state index in [-0.39, 0.29) is 18.2 Å². The third-order valence-corrected chi connectivity index (χ3v) is 4.41. The van der Waals surface area contributed by atoms with E-state index < -0.39 is 0 Å². The zero-order chi connectivity index (χ0) is 19.4. The van der Waals surface area contributed by atoms with E-state index in [0.717, 1.165) is 44.9 Å². The van der Waals surface area contributed by atoms with E-state index in [0.29, 0.717) is 25.0 Å². The highest BCUT2D eigenvalue weighted by Crippen LogP contribution is 2.32. The van der Waals surface area contributed by atoms with Crippen LogP contribution in [-0.2, 0) is 9.47 Å². The number of nitrogens with zero attached hydrogens (tertiary/aromatic N) is 1. The van der Waals surface area contributed by atoms with Crippen LogP contribution in [0.3, 0.4) is 0 Å². The molecule has 0 aromatic carbocycles. The van der Waals surface area contributed by atoms with Crippen molar-refractivity contribution in [3.8, 4) is 0 Å². The largest absolute Gasteiger partial charge is 0.450 e. The smallest absolute Gasteiger partial charge is 0.407 e. The summed E-state index contributed by atoms with van der Waals surface area (Å²) in [6.07, 6.45) is 3.11. The molecule has 7 nitrogen and oxygen atoms in total. The number of guanidine groups is 1. The first-order chi connectivity index (χ1) is 12.5. The first-order valence-corrected chi connectivity index (χ1v) is 10.1. The molecule has 1 aliphatic rings. The molecule has 3 N–H and O–H groups in total. The number of aliphatic imine (C=N–C) groups is 1.